The van der Waals surface area contributed by atoms with Gasteiger partial charge in [-0.1, -0.05) is 6.92 Å². The number of aryl methyl sites for hydroxylation is 1. The number of halogens is 3. The predicted octanol–water partition coefficient (Wildman–Crippen LogP) is 3.84. The molecule has 2 aromatic rings. The second-order valence-electron chi connectivity index (χ2n) is 4.48. The Hall–Kier alpha value is -2.05. The van der Waals surface area contributed by atoms with Crippen molar-refractivity contribution in [3.05, 3.63) is 35.3 Å². The Morgan fingerprint density at radius 3 is 2.67 bits per heavy atom. The van der Waals surface area contributed by atoms with E-state index < -0.39 is 11.9 Å². The Morgan fingerprint density at radius 2 is 2.10 bits per heavy atom. The quantitative estimate of drug-likeness (QED) is 0.805. The van der Waals surface area contributed by atoms with Crippen LogP contribution in [-0.2, 0) is 10.9 Å². The standard InChI is InChI=1S/C14H16F3N3O/c1-4-6-11(21-5-2)10-8-18-12-7-9(3)19-20(12)13(10)14(15,16)17/h6-8H,4-5H2,1-3H3/b11-6+. The molecule has 0 aromatic carbocycles. The van der Waals surface area contributed by atoms with Gasteiger partial charge in [-0.15, -0.1) is 0 Å². The minimum Gasteiger partial charge on any atom is -0.493 e. The highest BCUT2D eigenvalue weighted by Gasteiger charge is 2.38. The lowest BCUT2D eigenvalue weighted by molar-refractivity contribution is -0.143. The van der Waals surface area contributed by atoms with Crippen LogP contribution in [0.4, 0.5) is 13.2 Å². The SMILES string of the molecule is CC/C=C(/OCC)c1cnc2cc(C)nn2c1C(F)(F)F. The van der Waals surface area contributed by atoms with Crippen molar-refractivity contribution in [3.63, 3.8) is 0 Å². The van der Waals surface area contributed by atoms with Gasteiger partial charge in [-0.25, -0.2) is 9.50 Å². The fourth-order valence-electron chi connectivity index (χ4n) is 2.09. The molecule has 0 aliphatic carbocycles. The maximum Gasteiger partial charge on any atom is 0.434 e. The molecule has 0 spiro atoms. The van der Waals surface area contributed by atoms with E-state index in [1.165, 1.54) is 12.3 Å². The van der Waals surface area contributed by atoms with E-state index in [4.69, 9.17) is 4.74 Å². The van der Waals surface area contributed by atoms with Crippen LogP contribution in [0.2, 0.25) is 0 Å². The first-order valence-electron chi connectivity index (χ1n) is 6.64. The number of allylic oxidation sites excluding steroid dienone is 1. The zero-order valence-electron chi connectivity index (χ0n) is 12.0. The van der Waals surface area contributed by atoms with Gasteiger partial charge in [0, 0.05) is 12.3 Å². The summed E-state index contributed by atoms with van der Waals surface area (Å²) in [6.45, 7) is 5.45. The summed E-state index contributed by atoms with van der Waals surface area (Å²) in [6.07, 6.45) is -1.20. The molecule has 0 saturated carbocycles. The number of nitrogens with zero attached hydrogens (tertiary/aromatic N) is 3. The van der Waals surface area contributed by atoms with E-state index >= 15 is 0 Å². The first-order valence-corrected chi connectivity index (χ1v) is 6.64. The molecule has 0 aliphatic rings. The van der Waals surface area contributed by atoms with Crippen LogP contribution in [0, 0.1) is 6.92 Å². The van der Waals surface area contributed by atoms with Gasteiger partial charge in [-0.2, -0.15) is 18.3 Å². The Morgan fingerprint density at radius 1 is 1.38 bits per heavy atom. The van der Waals surface area contributed by atoms with Crippen molar-refractivity contribution in [2.24, 2.45) is 0 Å². The average Bonchev–Trinajstić information content (AvgIpc) is 2.76. The number of hydrogen-bond acceptors (Lipinski definition) is 3. The minimum absolute atomic E-state index is 0.0956. The Kier molecular flexibility index (Phi) is 4.20. The summed E-state index contributed by atoms with van der Waals surface area (Å²) in [4.78, 5) is 4.04. The Bertz CT molecular complexity index is 674. The Balaban J connectivity index is 2.76. The van der Waals surface area contributed by atoms with Gasteiger partial charge in [0.1, 0.15) is 5.76 Å². The molecule has 21 heavy (non-hydrogen) atoms. The third-order valence-corrected chi connectivity index (χ3v) is 2.83. The second kappa shape index (κ2) is 5.75. The topological polar surface area (TPSA) is 39.4 Å². The summed E-state index contributed by atoms with van der Waals surface area (Å²) in [6, 6.07) is 1.50. The third-order valence-electron chi connectivity index (χ3n) is 2.83. The van der Waals surface area contributed by atoms with Gasteiger partial charge in [0.2, 0.25) is 0 Å². The lowest BCUT2D eigenvalue weighted by Gasteiger charge is -2.16. The molecule has 0 saturated heterocycles. The fraction of sp³-hybridized carbons (Fsp3) is 0.429. The van der Waals surface area contributed by atoms with Crippen molar-refractivity contribution in [1.29, 1.82) is 0 Å². The highest BCUT2D eigenvalue weighted by Crippen LogP contribution is 2.35. The number of ether oxygens (including phenoxy) is 1. The molecule has 2 aromatic heterocycles. The molecule has 2 rings (SSSR count). The molecule has 0 atom stereocenters. The molecule has 2 heterocycles. The molecule has 0 N–H and O–H groups in total. The Labute approximate surface area is 120 Å². The van der Waals surface area contributed by atoms with Crippen molar-refractivity contribution >= 4 is 11.4 Å². The third kappa shape index (κ3) is 3.01. The maximum atomic E-state index is 13.5. The fourth-order valence-corrected chi connectivity index (χ4v) is 2.09. The van der Waals surface area contributed by atoms with Crippen molar-refractivity contribution in [2.75, 3.05) is 6.61 Å². The number of rotatable bonds is 4. The van der Waals surface area contributed by atoms with Gasteiger partial charge in [0.25, 0.3) is 0 Å². The molecule has 4 nitrogen and oxygen atoms in total. The molecule has 0 aliphatic heterocycles. The smallest absolute Gasteiger partial charge is 0.434 e. The monoisotopic (exact) mass is 299 g/mol. The van der Waals surface area contributed by atoms with Gasteiger partial charge < -0.3 is 4.74 Å². The zero-order chi connectivity index (χ0) is 15.6. The van der Waals surface area contributed by atoms with E-state index in [2.05, 4.69) is 10.1 Å². The number of hydrogen-bond donors (Lipinski definition) is 0. The van der Waals surface area contributed by atoms with Crippen LogP contribution in [0.5, 0.6) is 0 Å². The van der Waals surface area contributed by atoms with Crippen LogP contribution in [-0.4, -0.2) is 21.2 Å². The number of fused-ring (bicyclic) bond motifs is 1. The van der Waals surface area contributed by atoms with Crippen LogP contribution >= 0.6 is 0 Å². The normalized spacial score (nSPS) is 13.0. The van der Waals surface area contributed by atoms with Gasteiger partial charge in [0.05, 0.1) is 17.9 Å². The summed E-state index contributed by atoms with van der Waals surface area (Å²) in [5.41, 5.74) is -0.325. The molecule has 0 amide bonds. The van der Waals surface area contributed by atoms with E-state index in [9.17, 15) is 13.2 Å². The highest BCUT2D eigenvalue weighted by molar-refractivity contribution is 5.63. The minimum atomic E-state index is -4.56. The van der Waals surface area contributed by atoms with Crippen LogP contribution in [0.3, 0.4) is 0 Å². The van der Waals surface area contributed by atoms with Crippen LogP contribution in [0.1, 0.15) is 37.2 Å². The molecule has 7 heteroatoms. The lowest BCUT2D eigenvalue weighted by Crippen LogP contribution is -2.17. The average molecular weight is 299 g/mol. The molecule has 0 unspecified atom stereocenters. The summed E-state index contributed by atoms with van der Waals surface area (Å²) in [7, 11) is 0. The van der Waals surface area contributed by atoms with Gasteiger partial charge in [-0.3, -0.25) is 0 Å². The summed E-state index contributed by atoms with van der Waals surface area (Å²) in [5.74, 6) is 0.176. The highest BCUT2D eigenvalue weighted by atomic mass is 19.4. The van der Waals surface area contributed by atoms with Crippen molar-refractivity contribution in [1.82, 2.24) is 14.6 Å². The second-order valence-corrected chi connectivity index (χ2v) is 4.48. The molecule has 114 valence electrons. The summed E-state index contributed by atoms with van der Waals surface area (Å²) < 4.78 is 46.5. The number of aromatic nitrogens is 3. The molecule has 0 bridgehead atoms. The van der Waals surface area contributed by atoms with Crippen molar-refractivity contribution in [2.45, 2.75) is 33.4 Å². The zero-order valence-corrected chi connectivity index (χ0v) is 12.0. The van der Waals surface area contributed by atoms with Crippen LogP contribution < -0.4 is 0 Å². The first kappa shape index (κ1) is 15.3. The van der Waals surface area contributed by atoms with E-state index in [1.54, 1.807) is 19.9 Å². The predicted molar refractivity (Wildman–Crippen MR) is 72.6 cm³/mol. The number of alkyl halides is 3. The van der Waals surface area contributed by atoms with E-state index in [-0.39, 0.29) is 23.6 Å². The van der Waals surface area contributed by atoms with Crippen LogP contribution in [0.15, 0.2) is 18.3 Å². The van der Waals surface area contributed by atoms with Gasteiger partial charge in [0.15, 0.2) is 11.3 Å². The van der Waals surface area contributed by atoms with Crippen molar-refractivity contribution in [3.8, 4) is 0 Å². The van der Waals surface area contributed by atoms with Crippen LogP contribution in [0.25, 0.3) is 11.4 Å². The molecular formula is C14H16F3N3O. The van der Waals surface area contributed by atoms with Crippen molar-refractivity contribution < 1.29 is 17.9 Å². The van der Waals surface area contributed by atoms with E-state index in [0.717, 1.165) is 4.52 Å². The summed E-state index contributed by atoms with van der Waals surface area (Å²) >= 11 is 0. The van der Waals surface area contributed by atoms with Gasteiger partial charge in [-0.05, 0) is 26.3 Å². The summed E-state index contributed by atoms with van der Waals surface area (Å²) in [5, 5.41) is 3.89. The van der Waals surface area contributed by atoms with E-state index in [0.29, 0.717) is 12.1 Å². The molecular weight excluding hydrogens is 283 g/mol. The largest absolute Gasteiger partial charge is 0.493 e. The van der Waals surface area contributed by atoms with Gasteiger partial charge >= 0.3 is 6.18 Å². The first-order chi connectivity index (χ1) is 9.88. The van der Waals surface area contributed by atoms with E-state index in [1.807, 2.05) is 6.92 Å². The lowest BCUT2D eigenvalue weighted by atomic mass is 10.1. The maximum absolute atomic E-state index is 13.5. The molecule has 0 radical (unpaired) electrons. The molecule has 0 fully saturated rings.